The van der Waals surface area contributed by atoms with E-state index in [2.05, 4.69) is 10.6 Å². The van der Waals surface area contributed by atoms with Gasteiger partial charge in [-0.3, -0.25) is 0 Å². The molecule has 3 unspecified atom stereocenters. The highest BCUT2D eigenvalue weighted by atomic mass is 35.5. The van der Waals surface area contributed by atoms with E-state index >= 15 is 0 Å². The molecule has 1 fully saturated rings. The fourth-order valence-corrected chi connectivity index (χ4v) is 3.58. The van der Waals surface area contributed by atoms with Crippen molar-refractivity contribution in [3.63, 3.8) is 0 Å². The summed E-state index contributed by atoms with van der Waals surface area (Å²) in [5.41, 5.74) is -0.496. The molecule has 0 aromatic carbocycles. The lowest BCUT2D eigenvalue weighted by Crippen LogP contribution is -2.66. The highest BCUT2D eigenvalue weighted by Gasteiger charge is 2.42. The average molecular weight is 361 g/mol. The van der Waals surface area contributed by atoms with Crippen LogP contribution in [-0.4, -0.2) is 36.5 Å². The topological polar surface area (TPSA) is 59.6 Å². The predicted molar refractivity (Wildman–Crippen MR) is 93.1 cm³/mol. The summed E-state index contributed by atoms with van der Waals surface area (Å²) in [5.74, 6) is 0. The highest BCUT2D eigenvalue weighted by molar-refractivity contribution is 7.16. The van der Waals surface area contributed by atoms with Gasteiger partial charge in [-0.05, 0) is 46.2 Å². The summed E-state index contributed by atoms with van der Waals surface area (Å²) in [4.78, 5) is 13.1. The van der Waals surface area contributed by atoms with Crippen molar-refractivity contribution in [1.82, 2.24) is 10.6 Å². The quantitative estimate of drug-likeness (QED) is 0.814. The molecule has 130 valence electrons. The second kappa shape index (κ2) is 7.83. The smallest absolute Gasteiger partial charge is 0.407 e. The molecular formula is C16H25ClN2O3S. The third-order valence-corrected chi connectivity index (χ3v) is 4.78. The number of alkyl carbamates (subject to hydrolysis) is 1. The largest absolute Gasteiger partial charge is 0.444 e. The van der Waals surface area contributed by atoms with Gasteiger partial charge in [0.2, 0.25) is 0 Å². The van der Waals surface area contributed by atoms with Crippen LogP contribution < -0.4 is 10.6 Å². The average Bonchev–Trinajstić information content (AvgIpc) is 2.81. The van der Waals surface area contributed by atoms with E-state index in [0.29, 0.717) is 13.2 Å². The zero-order valence-electron chi connectivity index (χ0n) is 14.0. The van der Waals surface area contributed by atoms with Crippen LogP contribution in [0.25, 0.3) is 0 Å². The van der Waals surface area contributed by atoms with Gasteiger partial charge < -0.3 is 20.1 Å². The zero-order valence-corrected chi connectivity index (χ0v) is 15.6. The second-order valence-corrected chi connectivity index (χ2v) is 8.39. The number of amides is 1. The van der Waals surface area contributed by atoms with Gasteiger partial charge in [-0.15, -0.1) is 11.3 Å². The molecule has 1 heterocycles. The molecule has 0 aliphatic heterocycles. The van der Waals surface area contributed by atoms with Gasteiger partial charge in [0.15, 0.2) is 0 Å². The maximum Gasteiger partial charge on any atom is 0.407 e. The van der Waals surface area contributed by atoms with Gasteiger partial charge in [0, 0.05) is 18.0 Å². The summed E-state index contributed by atoms with van der Waals surface area (Å²) in [6.45, 7) is 8.90. The van der Waals surface area contributed by atoms with Crippen molar-refractivity contribution in [2.24, 2.45) is 0 Å². The molecule has 7 heteroatoms. The molecule has 23 heavy (non-hydrogen) atoms. The Balaban J connectivity index is 1.87. The maximum atomic E-state index is 11.9. The second-order valence-electron chi connectivity index (χ2n) is 6.59. The van der Waals surface area contributed by atoms with E-state index in [1.165, 1.54) is 0 Å². The standard InChI is InChI=1S/C16H25ClN2O3S/c1-5-21-12-8-11(19-15(20)22-16(2,3)4)14(12)18-9-10-6-7-13(17)23-10/h6-7,11-12,14,18H,5,8-9H2,1-4H3,(H,19,20). The molecule has 1 aliphatic carbocycles. The molecule has 0 saturated heterocycles. The van der Waals surface area contributed by atoms with E-state index in [9.17, 15) is 4.79 Å². The molecule has 0 radical (unpaired) electrons. The summed E-state index contributed by atoms with van der Waals surface area (Å²) in [6.07, 6.45) is 0.509. The molecular weight excluding hydrogens is 336 g/mol. The van der Waals surface area contributed by atoms with Crippen molar-refractivity contribution < 1.29 is 14.3 Å². The Kier molecular flexibility index (Phi) is 6.31. The van der Waals surface area contributed by atoms with Crippen LogP contribution in [0.3, 0.4) is 0 Å². The number of hydrogen-bond donors (Lipinski definition) is 2. The first-order chi connectivity index (χ1) is 10.8. The van der Waals surface area contributed by atoms with Crippen LogP contribution in [0.2, 0.25) is 4.34 Å². The van der Waals surface area contributed by atoms with Gasteiger partial charge in [-0.1, -0.05) is 11.6 Å². The number of carbonyl (C=O) groups is 1. The lowest BCUT2D eigenvalue weighted by molar-refractivity contribution is -0.0437. The molecule has 1 saturated carbocycles. The van der Waals surface area contributed by atoms with Crippen LogP contribution in [0.5, 0.6) is 0 Å². The Labute approximate surface area is 146 Å². The van der Waals surface area contributed by atoms with E-state index in [-0.39, 0.29) is 24.3 Å². The number of thiophene rings is 1. The third kappa shape index (κ3) is 5.64. The highest BCUT2D eigenvalue weighted by Crippen LogP contribution is 2.27. The number of rotatable bonds is 6. The Morgan fingerprint density at radius 2 is 2.17 bits per heavy atom. The molecule has 0 bridgehead atoms. The van der Waals surface area contributed by atoms with Crippen molar-refractivity contribution in [3.8, 4) is 0 Å². The van der Waals surface area contributed by atoms with E-state index in [1.54, 1.807) is 11.3 Å². The van der Waals surface area contributed by atoms with E-state index in [1.807, 2.05) is 39.8 Å². The normalized spacial score (nSPS) is 24.1. The minimum atomic E-state index is -0.496. The monoisotopic (exact) mass is 360 g/mol. The van der Waals surface area contributed by atoms with Gasteiger partial charge in [-0.25, -0.2) is 4.79 Å². The molecule has 2 rings (SSSR count). The number of nitrogens with one attached hydrogen (secondary N) is 2. The van der Waals surface area contributed by atoms with E-state index < -0.39 is 5.60 Å². The van der Waals surface area contributed by atoms with Gasteiger partial charge in [-0.2, -0.15) is 0 Å². The van der Waals surface area contributed by atoms with Crippen molar-refractivity contribution >= 4 is 29.0 Å². The predicted octanol–water partition coefficient (Wildman–Crippen LogP) is 3.56. The molecule has 0 spiro atoms. The van der Waals surface area contributed by atoms with Gasteiger partial charge in [0.1, 0.15) is 5.60 Å². The first kappa shape index (κ1) is 18.5. The molecule has 2 N–H and O–H groups in total. The Hall–Kier alpha value is -0.820. The van der Waals surface area contributed by atoms with Crippen LogP contribution in [0.4, 0.5) is 4.79 Å². The summed E-state index contributed by atoms with van der Waals surface area (Å²) in [5, 5.41) is 6.38. The van der Waals surface area contributed by atoms with Gasteiger partial charge in [0.25, 0.3) is 0 Å². The molecule has 1 aromatic rings. The maximum absolute atomic E-state index is 11.9. The Morgan fingerprint density at radius 3 is 2.74 bits per heavy atom. The van der Waals surface area contributed by atoms with Crippen LogP contribution >= 0.6 is 22.9 Å². The summed E-state index contributed by atoms with van der Waals surface area (Å²) >= 11 is 7.51. The van der Waals surface area contributed by atoms with Crippen molar-refractivity contribution in [2.75, 3.05) is 6.61 Å². The van der Waals surface area contributed by atoms with E-state index in [4.69, 9.17) is 21.1 Å². The van der Waals surface area contributed by atoms with E-state index in [0.717, 1.165) is 15.6 Å². The lowest BCUT2D eigenvalue weighted by Gasteiger charge is -2.44. The van der Waals surface area contributed by atoms with Crippen molar-refractivity contribution in [3.05, 3.63) is 21.3 Å². The van der Waals surface area contributed by atoms with Crippen molar-refractivity contribution in [2.45, 2.75) is 64.4 Å². The van der Waals surface area contributed by atoms with Gasteiger partial charge in [0.05, 0.1) is 22.5 Å². The Morgan fingerprint density at radius 1 is 1.43 bits per heavy atom. The van der Waals surface area contributed by atoms with Crippen LogP contribution in [0.1, 0.15) is 39.0 Å². The minimum Gasteiger partial charge on any atom is -0.444 e. The number of hydrogen-bond acceptors (Lipinski definition) is 5. The number of carbonyl (C=O) groups excluding carboxylic acids is 1. The lowest BCUT2D eigenvalue weighted by atomic mass is 9.82. The first-order valence-corrected chi connectivity index (χ1v) is 9.06. The Bertz CT molecular complexity index is 530. The molecule has 1 aromatic heterocycles. The van der Waals surface area contributed by atoms with Crippen LogP contribution in [0, 0.1) is 0 Å². The van der Waals surface area contributed by atoms with Gasteiger partial charge >= 0.3 is 6.09 Å². The SMILES string of the molecule is CCOC1CC(NC(=O)OC(C)(C)C)C1NCc1ccc(Cl)s1. The third-order valence-electron chi connectivity index (χ3n) is 3.54. The van der Waals surface area contributed by atoms with Crippen LogP contribution in [0.15, 0.2) is 12.1 Å². The molecule has 1 aliphatic rings. The first-order valence-electron chi connectivity index (χ1n) is 7.87. The van der Waals surface area contributed by atoms with Crippen molar-refractivity contribution in [1.29, 1.82) is 0 Å². The summed E-state index contributed by atoms with van der Waals surface area (Å²) < 4.78 is 11.8. The van der Waals surface area contributed by atoms with Crippen LogP contribution in [-0.2, 0) is 16.0 Å². The fourth-order valence-electron chi connectivity index (χ4n) is 2.54. The summed E-state index contributed by atoms with van der Waals surface area (Å²) in [6, 6.07) is 3.98. The fraction of sp³-hybridized carbons (Fsp3) is 0.688. The zero-order chi connectivity index (χ0) is 17.0. The molecule has 5 nitrogen and oxygen atoms in total. The molecule has 1 amide bonds. The number of halogens is 1. The minimum absolute atomic E-state index is 0.0110. The molecule has 3 atom stereocenters. The summed E-state index contributed by atoms with van der Waals surface area (Å²) in [7, 11) is 0. The number of ether oxygens (including phenoxy) is 2.